The van der Waals surface area contributed by atoms with Gasteiger partial charge in [-0.05, 0) is 50.7 Å². The van der Waals surface area contributed by atoms with Crippen LogP contribution in [0.25, 0.3) is 0 Å². The SMILES string of the molecule is Cc1nc(N2CCCCC2)cc(N2CCN(C(=O)C3CCc4ccccc4O3)CC2)n1. The average Bonchev–Trinajstić information content (AvgIpc) is 2.83. The minimum Gasteiger partial charge on any atom is -0.480 e. The van der Waals surface area contributed by atoms with Crippen molar-refractivity contribution in [2.45, 2.75) is 45.1 Å². The van der Waals surface area contributed by atoms with Gasteiger partial charge in [0.1, 0.15) is 23.2 Å². The Hall–Kier alpha value is -2.83. The molecule has 164 valence electrons. The van der Waals surface area contributed by atoms with E-state index < -0.39 is 0 Å². The summed E-state index contributed by atoms with van der Waals surface area (Å²) in [7, 11) is 0. The van der Waals surface area contributed by atoms with E-state index in [0.29, 0.717) is 13.1 Å². The van der Waals surface area contributed by atoms with Gasteiger partial charge in [-0.25, -0.2) is 9.97 Å². The molecule has 2 aromatic rings. The van der Waals surface area contributed by atoms with E-state index in [1.54, 1.807) is 0 Å². The first-order valence-corrected chi connectivity index (χ1v) is 11.6. The van der Waals surface area contributed by atoms with Gasteiger partial charge in [0.15, 0.2) is 6.10 Å². The van der Waals surface area contributed by atoms with Crippen molar-refractivity contribution < 1.29 is 9.53 Å². The smallest absolute Gasteiger partial charge is 0.263 e. The number of carbonyl (C=O) groups is 1. The Morgan fingerprint density at radius 2 is 1.61 bits per heavy atom. The standard InChI is InChI=1S/C24H31N5O2/c1-18-25-22(27-11-5-2-6-12-27)17-23(26-18)28-13-15-29(16-14-28)24(30)21-10-9-19-7-3-4-8-20(19)31-21/h3-4,7-8,17,21H,2,5-6,9-16H2,1H3. The number of ether oxygens (including phenoxy) is 1. The quantitative estimate of drug-likeness (QED) is 0.760. The summed E-state index contributed by atoms with van der Waals surface area (Å²) in [5, 5.41) is 0. The molecule has 1 atom stereocenters. The first-order chi connectivity index (χ1) is 15.2. The van der Waals surface area contributed by atoms with Gasteiger partial charge in [0.25, 0.3) is 5.91 Å². The molecule has 1 aromatic carbocycles. The molecule has 1 aromatic heterocycles. The van der Waals surface area contributed by atoms with Crippen LogP contribution in [-0.4, -0.2) is 66.1 Å². The van der Waals surface area contributed by atoms with E-state index in [9.17, 15) is 4.79 Å². The Bertz CT molecular complexity index is 935. The maximum absolute atomic E-state index is 13.1. The van der Waals surface area contributed by atoms with E-state index in [-0.39, 0.29) is 12.0 Å². The maximum Gasteiger partial charge on any atom is 0.263 e. The van der Waals surface area contributed by atoms with Gasteiger partial charge in [-0.15, -0.1) is 0 Å². The minimum atomic E-state index is -0.367. The van der Waals surface area contributed by atoms with Gasteiger partial charge in [0.2, 0.25) is 0 Å². The van der Waals surface area contributed by atoms with Crippen LogP contribution in [0.3, 0.4) is 0 Å². The zero-order chi connectivity index (χ0) is 21.2. The van der Waals surface area contributed by atoms with Crippen molar-refractivity contribution in [2.75, 3.05) is 49.1 Å². The number of anilines is 2. The lowest BCUT2D eigenvalue weighted by atomic mass is 10.0. The second kappa shape index (κ2) is 8.73. The molecule has 3 aliphatic heterocycles. The first-order valence-electron chi connectivity index (χ1n) is 11.6. The number of amides is 1. The van der Waals surface area contributed by atoms with Crippen LogP contribution in [0, 0.1) is 6.92 Å². The molecule has 7 nitrogen and oxygen atoms in total. The normalized spacial score (nSPS) is 21.5. The Labute approximate surface area is 184 Å². The van der Waals surface area contributed by atoms with Crippen LogP contribution in [0.1, 0.15) is 37.1 Å². The Morgan fingerprint density at radius 3 is 2.35 bits per heavy atom. The molecule has 7 heteroatoms. The molecule has 3 aliphatic rings. The number of piperazine rings is 1. The van der Waals surface area contributed by atoms with E-state index >= 15 is 0 Å². The molecule has 0 bridgehead atoms. The number of hydrogen-bond acceptors (Lipinski definition) is 6. The lowest BCUT2D eigenvalue weighted by Gasteiger charge is -2.38. The summed E-state index contributed by atoms with van der Waals surface area (Å²) in [6.45, 7) is 7.07. The topological polar surface area (TPSA) is 61.8 Å². The van der Waals surface area contributed by atoms with Gasteiger partial charge in [0.05, 0.1) is 0 Å². The molecule has 2 fully saturated rings. The van der Waals surface area contributed by atoms with Crippen LogP contribution in [0.4, 0.5) is 11.6 Å². The van der Waals surface area contributed by atoms with E-state index in [1.807, 2.05) is 30.0 Å². The molecule has 0 radical (unpaired) electrons. The number of benzene rings is 1. The fraction of sp³-hybridized carbons (Fsp3) is 0.542. The van der Waals surface area contributed by atoms with Crippen molar-refractivity contribution in [1.29, 1.82) is 0 Å². The number of aryl methyl sites for hydroxylation is 2. The fourth-order valence-electron chi connectivity index (χ4n) is 4.84. The first kappa shape index (κ1) is 20.1. The van der Waals surface area contributed by atoms with Crippen LogP contribution < -0.4 is 14.5 Å². The van der Waals surface area contributed by atoms with Gasteiger partial charge in [0, 0.05) is 45.3 Å². The molecule has 1 amide bonds. The highest BCUT2D eigenvalue weighted by Crippen LogP contribution is 2.28. The zero-order valence-corrected chi connectivity index (χ0v) is 18.3. The van der Waals surface area contributed by atoms with Crippen molar-refractivity contribution in [3.63, 3.8) is 0 Å². The lowest BCUT2D eigenvalue weighted by Crippen LogP contribution is -2.53. The van der Waals surface area contributed by atoms with Gasteiger partial charge >= 0.3 is 0 Å². The summed E-state index contributed by atoms with van der Waals surface area (Å²) in [4.78, 5) is 29.1. The summed E-state index contributed by atoms with van der Waals surface area (Å²) >= 11 is 0. The maximum atomic E-state index is 13.1. The highest BCUT2D eigenvalue weighted by atomic mass is 16.5. The van der Waals surface area contributed by atoms with Crippen LogP contribution >= 0.6 is 0 Å². The third kappa shape index (κ3) is 4.31. The minimum absolute atomic E-state index is 0.113. The molecule has 0 N–H and O–H groups in total. The van der Waals surface area contributed by atoms with Crippen molar-refractivity contribution >= 4 is 17.5 Å². The van der Waals surface area contributed by atoms with Gasteiger partial charge in [-0.3, -0.25) is 4.79 Å². The molecule has 5 rings (SSSR count). The van der Waals surface area contributed by atoms with Gasteiger partial charge in [-0.1, -0.05) is 18.2 Å². The van der Waals surface area contributed by atoms with E-state index in [4.69, 9.17) is 9.72 Å². The number of rotatable bonds is 3. The summed E-state index contributed by atoms with van der Waals surface area (Å²) < 4.78 is 6.03. The second-order valence-corrected chi connectivity index (χ2v) is 8.74. The predicted molar refractivity (Wildman–Crippen MR) is 121 cm³/mol. The molecule has 0 spiro atoms. The van der Waals surface area contributed by atoms with Crippen molar-refractivity contribution in [3.05, 3.63) is 41.7 Å². The number of nitrogens with zero attached hydrogens (tertiary/aromatic N) is 5. The fourth-order valence-corrected chi connectivity index (χ4v) is 4.84. The highest BCUT2D eigenvalue weighted by molar-refractivity contribution is 5.82. The molecular formula is C24H31N5O2. The largest absolute Gasteiger partial charge is 0.480 e. The van der Waals surface area contributed by atoms with Crippen molar-refractivity contribution in [1.82, 2.24) is 14.9 Å². The van der Waals surface area contributed by atoms with Crippen LogP contribution in [0.2, 0.25) is 0 Å². The van der Waals surface area contributed by atoms with Crippen LogP contribution in [0.15, 0.2) is 30.3 Å². The Morgan fingerprint density at radius 1 is 0.935 bits per heavy atom. The second-order valence-electron chi connectivity index (χ2n) is 8.74. The molecule has 1 unspecified atom stereocenters. The monoisotopic (exact) mass is 421 g/mol. The summed E-state index contributed by atoms with van der Waals surface area (Å²) in [6.07, 6.45) is 5.04. The van der Waals surface area contributed by atoms with Gasteiger partial charge < -0.3 is 19.4 Å². The summed E-state index contributed by atoms with van der Waals surface area (Å²) in [5.41, 5.74) is 1.19. The molecule has 4 heterocycles. The molecular weight excluding hydrogens is 390 g/mol. The molecule has 2 saturated heterocycles. The van der Waals surface area contributed by atoms with E-state index in [1.165, 1.54) is 24.8 Å². The summed E-state index contributed by atoms with van der Waals surface area (Å²) in [5.74, 6) is 3.79. The average molecular weight is 422 g/mol. The zero-order valence-electron chi connectivity index (χ0n) is 18.3. The third-order valence-corrected chi connectivity index (χ3v) is 6.60. The number of aromatic nitrogens is 2. The van der Waals surface area contributed by atoms with Crippen molar-refractivity contribution in [3.8, 4) is 5.75 Å². The van der Waals surface area contributed by atoms with Crippen LogP contribution in [0.5, 0.6) is 5.75 Å². The third-order valence-electron chi connectivity index (χ3n) is 6.60. The van der Waals surface area contributed by atoms with Crippen LogP contribution in [-0.2, 0) is 11.2 Å². The number of carbonyl (C=O) groups excluding carboxylic acids is 1. The molecule has 0 aliphatic carbocycles. The molecule has 0 saturated carbocycles. The van der Waals surface area contributed by atoms with E-state index in [2.05, 4.69) is 26.9 Å². The molecule has 31 heavy (non-hydrogen) atoms. The Kier molecular flexibility index (Phi) is 5.66. The predicted octanol–water partition coefficient (Wildman–Crippen LogP) is 2.82. The lowest BCUT2D eigenvalue weighted by molar-refractivity contribution is -0.139. The number of para-hydroxylation sites is 1. The summed E-state index contributed by atoms with van der Waals surface area (Å²) in [6, 6.07) is 10.2. The highest BCUT2D eigenvalue weighted by Gasteiger charge is 2.32. The van der Waals surface area contributed by atoms with Gasteiger partial charge in [-0.2, -0.15) is 0 Å². The number of hydrogen-bond donors (Lipinski definition) is 0. The van der Waals surface area contributed by atoms with Crippen molar-refractivity contribution in [2.24, 2.45) is 0 Å². The van der Waals surface area contributed by atoms with E-state index in [0.717, 1.165) is 62.2 Å². The number of fused-ring (bicyclic) bond motifs is 1. The Balaban J connectivity index is 1.22. The number of piperidine rings is 1.